The smallest absolute Gasteiger partial charge is 0.112 e. The topological polar surface area (TPSA) is 20.2 Å². The first-order chi connectivity index (χ1) is 9.39. The first kappa shape index (κ1) is 17.0. The SMILES string of the molecule is CCCCC#CC(O)(CCc1ccccc1)[Si](C)(C)C. The van der Waals surface area contributed by atoms with Crippen molar-refractivity contribution in [1.82, 2.24) is 0 Å². The second kappa shape index (κ2) is 7.66. The summed E-state index contributed by atoms with van der Waals surface area (Å²) in [4.78, 5) is 0. The van der Waals surface area contributed by atoms with Gasteiger partial charge in [-0.3, -0.25) is 0 Å². The minimum atomic E-state index is -1.74. The Bertz CT molecular complexity index is 450. The lowest BCUT2D eigenvalue weighted by molar-refractivity contribution is 0.165. The van der Waals surface area contributed by atoms with Gasteiger partial charge in [0.25, 0.3) is 0 Å². The zero-order valence-electron chi connectivity index (χ0n) is 13.4. The Morgan fingerprint density at radius 3 is 2.35 bits per heavy atom. The monoisotopic (exact) mass is 288 g/mol. The fourth-order valence-electron chi connectivity index (χ4n) is 2.07. The number of unbranched alkanes of at least 4 members (excludes halogenated alkanes) is 2. The summed E-state index contributed by atoms with van der Waals surface area (Å²) in [5, 5.41) is 10.2. The summed E-state index contributed by atoms with van der Waals surface area (Å²) < 4.78 is 0. The van der Waals surface area contributed by atoms with Crippen LogP contribution in [0, 0.1) is 11.8 Å². The largest absolute Gasteiger partial charge is 0.381 e. The van der Waals surface area contributed by atoms with E-state index in [1.165, 1.54) is 5.56 Å². The second-order valence-corrected chi connectivity index (χ2v) is 11.8. The maximum absolute atomic E-state index is 11.0. The van der Waals surface area contributed by atoms with E-state index in [9.17, 15) is 5.11 Å². The van der Waals surface area contributed by atoms with Gasteiger partial charge in [-0.05, 0) is 24.8 Å². The molecule has 1 rings (SSSR count). The molecule has 1 atom stereocenters. The van der Waals surface area contributed by atoms with Gasteiger partial charge in [0.1, 0.15) is 5.22 Å². The third-order valence-electron chi connectivity index (χ3n) is 3.81. The quantitative estimate of drug-likeness (QED) is 0.467. The predicted molar refractivity (Wildman–Crippen MR) is 90.4 cm³/mol. The minimum absolute atomic E-state index is 0.742. The molecule has 1 unspecified atom stereocenters. The summed E-state index contributed by atoms with van der Waals surface area (Å²) in [7, 11) is -1.74. The Hall–Kier alpha value is -1.04. The van der Waals surface area contributed by atoms with Crippen molar-refractivity contribution in [3.63, 3.8) is 0 Å². The van der Waals surface area contributed by atoms with Crippen molar-refractivity contribution in [1.29, 1.82) is 0 Å². The van der Waals surface area contributed by atoms with Gasteiger partial charge in [-0.15, -0.1) is 5.92 Å². The molecule has 0 amide bonds. The lowest BCUT2D eigenvalue weighted by Gasteiger charge is -2.34. The highest BCUT2D eigenvalue weighted by Crippen LogP contribution is 2.25. The molecule has 0 aliphatic rings. The Labute approximate surface area is 125 Å². The standard InChI is InChI=1S/C18H28OSi/c1-5-6-7-11-15-18(19,20(2,3)4)16-14-17-12-9-8-10-13-17/h8-10,12-13,19H,5-7,14,16H2,1-4H3. The Balaban J connectivity index is 2.75. The molecular formula is C18H28OSi. The molecule has 2 heteroatoms. The molecule has 1 nitrogen and oxygen atoms in total. The molecule has 110 valence electrons. The lowest BCUT2D eigenvalue weighted by atomic mass is 10.1. The third kappa shape index (κ3) is 5.15. The summed E-state index contributed by atoms with van der Waals surface area (Å²) in [5.74, 6) is 6.41. The van der Waals surface area contributed by atoms with E-state index in [4.69, 9.17) is 0 Å². The van der Waals surface area contributed by atoms with Crippen LogP contribution in [0.3, 0.4) is 0 Å². The molecule has 0 aromatic heterocycles. The van der Waals surface area contributed by atoms with Crippen LogP contribution in [0.5, 0.6) is 0 Å². The van der Waals surface area contributed by atoms with E-state index in [-0.39, 0.29) is 0 Å². The zero-order valence-corrected chi connectivity index (χ0v) is 14.4. The van der Waals surface area contributed by atoms with Crippen LogP contribution in [0.4, 0.5) is 0 Å². The molecule has 0 saturated carbocycles. The number of benzene rings is 1. The first-order valence-electron chi connectivity index (χ1n) is 7.65. The summed E-state index contributed by atoms with van der Waals surface area (Å²) in [6, 6.07) is 10.4. The fourth-order valence-corrected chi connectivity index (χ4v) is 3.41. The molecule has 0 saturated heterocycles. The van der Waals surface area contributed by atoms with Crippen LogP contribution in [0.15, 0.2) is 30.3 Å². The minimum Gasteiger partial charge on any atom is -0.381 e. The highest BCUT2D eigenvalue weighted by atomic mass is 28.3. The Kier molecular flexibility index (Phi) is 6.52. The van der Waals surface area contributed by atoms with E-state index >= 15 is 0 Å². The highest BCUT2D eigenvalue weighted by Gasteiger charge is 2.39. The Morgan fingerprint density at radius 2 is 1.80 bits per heavy atom. The van der Waals surface area contributed by atoms with Crippen molar-refractivity contribution >= 4 is 8.07 Å². The van der Waals surface area contributed by atoms with Crippen molar-refractivity contribution in [2.24, 2.45) is 0 Å². The summed E-state index contributed by atoms with van der Waals surface area (Å²) in [6.07, 6.45) is 4.81. The van der Waals surface area contributed by atoms with Crippen LogP contribution < -0.4 is 0 Å². The lowest BCUT2D eigenvalue weighted by Crippen LogP contribution is -2.51. The molecule has 0 aliphatic carbocycles. The number of hydrogen-bond acceptors (Lipinski definition) is 1. The average molecular weight is 289 g/mol. The van der Waals surface area contributed by atoms with E-state index in [1.54, 1.807) is 0 Å². The zero-order chi connectivity index (χ0) is 15.1. The van der Waals surface area contributed by atoms with Crippen LogP contribution in [0.25, 0.3) is 0 Å². The molecule has 0 heterocycles. The van der Waals surface area contributed by atoms with Crippen molar-refractivity contribution in [2.45, 2.75) is 63.9 Å². The normalized spacial score (nSPS) is 14.2. The van der Waals surface area contributed by atoms with E-state index in [2.05, 4.69) is 62.7 Å². The number of rotatable bonds is 6. The van der Waals surface area contributed by atoms with Gasteiger partial charge in [0, 0.05) is 6.42 Å². The average Bonchev–Trinajstić information content (AvgIpc) is 2.41. The molecular weight excluding hydrogens is 260 g/mol. The summed E-state index contributed by atoms with van der Waals surface area (Å²) in [6.45, 7) is 8.77. The van der Waals surface area contributed by atoms with Crippen LogP contribution in [0.2, 0.25) is 19.6 Å². The molecule has 1 aromatic carbocycles. The van der Waals surface area contributed by atoms with Crippen molar-refractivity contribution in [2.75, 3.05) is 0 Å². The molecule has 0 fully saturated rings. The molecule has 0 spiro atoms. The maximum Gasteiger partial charge on any atom is 0.112 e. The molecule has 20 heavy (non-hydrogen) atoms. The van der Waals surface area contributed by atoms with Gasteiger partial charge in [-0.1, -0.05) is 69.2 Å². The van der Waals surface area contributed by atoms with E-state index in [1.807, 2.05) is 6.07 Å². The van der Waals surface area contributed by atoms with Crippen LogP contribution in [0.1, 0.15) is 38.2 Å². The number of hydrogen-bond donors (Lipinski definition) is 1. The summed E-state index contributed by atoms with van der Waals surface area (Å²) in [5.41, 5.74) is 1.28. The molecule has 1 N–H and O–H groups in total. The first-order valence-corrected chi connectivity index (χ1v) is 11.2. The van der Waals surface area contributed by atoms with Crippen LogP contribution in [-0.4, -0.2) is 18.4 Å². The van der Waals surface area contributed by atoms with Gasteiger partial charge >= 0.3 is 0 Å². The van der Waals surface area contributed by atoms with Gasteiger partial charge < -0.3 is 5.11 Å². The van der Waals surface area contributed by atoms with Gasteiger partial charge in [0.05, 0.1) is 8.07 Å². The highest BCUT2D eigenvalue weighted by molar-refractivity contribution is 6.79. The van der Waals surface area contributed by atoms with Crippen LogP contribution in [-0.2, 0) is 6.42 Å². The van der Waals surface area contributed by atoms with Crippen molar-refractivity contribution in [3.8, 4) is 11.8 Å². The van der Waals surface area contributed by atoms with Crippen molar-refractivity contribution in [3.05, 3.63) is 35.9 Å². The van der Waals surface area contributed by atoms with E-state index in [0.29, 0.717) is 0 Å². The molecule has 1 aromatic rings. The third-order valence-corrected chi connectivity index (χ3v) is 6.67. The number of aryl methyl sites for hydroxylation is 1. The Morgan fingerprint density at radius 1 is 1.15 bits per heavy atom. The number of aliphatic hydroxyl groups is 1. The maximum atomic E-state index is 11.0. The van der Waals surface area contributed by atoms with Gasteiger partial charge in [0.15, 0.2) is 0 Å². The van der Waals surface area contributed by atoms with Crippen molar-refractivity contribution < 1.29 is 5.11 Å². The summed E-state index contributed by atoms with van der Waals surface area (Å²) >= 11 is 0. The fraction of sp³-hybridized carbons (Fsp3) is 0.556. The van der Waals surface area contributed by atoms with Gasteiger partial charge in [-0.25, -0.2) is 0 Å². The van der Waals surface area contributed by atoms with Gasteiger partial charge in [0.2, 0.25) is 0 Å². The van der Waals surface area contributed by atoms with E-state index in [0.717, 1.165) is 32.1 Å². The predicted octanol–water partition coefficient (Wildman–Crippen LogP) is 4.42. The second-order valence-electron chi connectivity index (χ2n) is 6.50. The molecule has 0 bridgehead atoms. The molecule has 0 aliphatic heterocycles. The van der Waals surface area contributed by atoms with E-state index < -0.39 is 13.3 Å². The van der Waals surface area contributed by atoms with Gasteiger partial charge in [-0.2, -0.15) is 0 Å². The van der Waals surface area contributed by atoms with Crippen LogP contribution >= 0.6 is 0 Å². The molecule has 0 radical (unpaired) electrons.